The third-order valence-electron chi connectivity index (χ3n) is 2.81. The average Bonchev–Trinajstić information content (AvgIpc) is 2.91. The van der Waals surface area contributed by atoms with Crippen LogP contribution in [0.3, 0.4) is 0 Å². The van der Waals surface area contributed by atoms with Gasteiger partial charge < -0.3 is 10.6 Å². The van der Waals surface area contributed by atoms with E-state index >= 15 is 0 Å². The van der Waals surface area contributed by atoms with Gasteiger partial charge in [-0.15, -0.1) is 0 Å². The van der Waals surface area contributed by atoms with Crippen molar-refractivity contribution in [3.8, 4) is 0 Å². The lowest BCUT2D eigenvalue weighted by Crippen LogP contribution is -2.39. The van der Waals surface area contributed by atoms with Gasteiger partial charge in [0.2, 0.25) is 0 Å². The van der Waals surface area contributed by atoms with E-state index in [4.69, 9.17) is 0 Å². The molecular formula is C9H15N5O. The Kier molecular flexibility index (Phi) is 2.96. The number of H-pyrrole nitrogens is 1. The number of hydrogen-bond donors (Lipinski definition) is 3. The first-order valence-electron chi connectivity index (χ1n) is 5.14. The maximum atomic E-state index is 11.6. The zero-order chi connectivity index (χ0) is 10.7. The molecule has 15 heavy (non-hydrogen) atoms. The number of hydrogen-bond acceptors (Lipinski definition) is 4. The highest BCUT2D eigenvalue weighted by atomic mass is 16.2. The van der Waals surface area contributed by atoms with Crippen LogP contribution in [0.4, 0.5) is 0 Å². The fourth-order valence-corrected chi connectivity index (χ4v) is 1.81. The zero-order valence-electron chi connectivity index (χ0n) is 8.66. The summed E-state index contributed by atoms with van der Waals surface area (Å²) in [6.45, 7) is 4.03. The molecule has 2 heterocycles. The Bertz CT molecular complexity index is 317. The van der Waals surface area contributed by atoms with E-state index in [1.54, 1.807) is 0 Å². The Labute approximate surface area is 87.8 Å². The van der Waals surface area contributed by atoms with Gasteiger partial charge in [0.1, 0.15) is 0 Å². The third kappa shape index (κ3) is 2.33. The summed E-state index contributed by atoms with van der Waals surface area (Å²) >= 11 is 0. The van der Waals surface area contributed by atoms with Crippen molar-refractivity contribution in [2.45, 2.75) is 19.4 Å². The lowest BCUT2D eigenvalue weighted by atomic mass is 10.0. The Morgan fingerprint density at radius 3 is 3.20 bits per heavy atom. The Balaban J connectivity index is 1.88. The van der Waals surface area contributed by atoms with Crippen molar-refractivity contribution in [3.63, 3.8) is 0 Å². The topological polar surface area (TPSA) is 82.7 Å². The quantitative estimate of drug-likeness (QED) is 0.628. The highest BCUT2D eigenvalue weighted by Gasteiger charge is 2.23. The summed E-state index contributed by atoms with van der Waals surface area (Å²) in [4.78, 5) is 11.6. The molecule has 2 rings (SSSR count). The van der Waals surface area contributed by atoms with Gasteiger partial charge in [-0.05, 0) is 32.4 Å². The largest absolute Gasteiger partial charge is 0.348 e. The molecule has 1 amide bonds. The van der Waals surface area contributed by atoms with Gasteiger partial charge in [0.15, 0.2) is 5.69 Å². The second-order valence-electron chi connectivity index (χ2n) is 3.87. The number of amides is 1. The van der Waals surface area contributed by atoms with Crippen molar-refractivity contribution in [2.24, 2.45) is 5.92 Å². The molecule has 3 N–H and O–H groups in total. The van der Waals surface area contributed by atoms with Crippen molar-refractivity contribution in [1.29, 1.82) is 0 Å². The lowest BCUT2D eigenvalue weighted by molar-refractivity contribution is 0.0923. The van der Waals surface area contributed by atoms with Crippen LogP contribution in [0.1, 0.15) is 23.8 Å². The van der Waals surface area contributed by atoms with E-state index in [0.29, 0.717) is 11.6 Å². The summed E-state index contributed by atoms with van der Waals surface area (Å²) < 4.78 is 0. The molecule has 0 saturated carbocycles. The smallest absolute Gasteiger partial charge is 0.273 e. The minimum atomic E-state index is -0.164. The number of rotatable bonds is 3. The molecule has 1 aromatic rings. The van der Waals surface area contributed by atoms with Gasteiger partial charge in [0, 0.05) is 6.04 Å². The van der Waals surface area contributed by atoms with Crippen LogP contribution in [0.25, 0.3) is 0 Å². The predicted octanol–water partition coefficient (Wildman–Crippen LogP) is -0.467. The first-order chi connectivity index (χ1) is 7.27. The second-order valence-corrected chi connectivity index (χ2v) is 3.87. The molecule has 1 fully saturated rings. The number of aromatic nitrogens is 3. The maximum Gasteiger partial charge on any atom is 0.273 e. The summed E-state index contributed by atoms with van der Waals surface area (Å²) in [6.07, 6.45) is 2.54. The Morgan fingerprint density at radius 2 is 2.60 bits per heavy atom. The SMILES string of the molecule is CC(NC(=O)c1cn[nH]n1)C1CCNC1. The normalized spacial score (nSPS) is 22.6. The maximum absolute atomic E-state index is 11.6. The molecule has 0 aliphatic carbocycles. The van der Waals surface area contributed by atoms with Crippen LogP contribution >= 0.6 is 0 Å². The van der Waals surface area contributed by atoms with E-state index in [1.807, 2.05) is 6.92 Å². The van der Waals surface area contributed by atoms with Gasteiger partial charge in [-0.3, -0.25) is 4.79 Å². The van der Waals surface area contributed by atoms with Crippen LogP contribution in [-0.4, -0.2) is 40.4 Å². The highest BCUT2D eigenvalue weighted by molar-refractivity contribution is 5.91. The predicted molar refractivity (Wildman–Crippen MR) is 54.3 cm³/mol. The van der Waals surface area contributed by atoms with E-state index in [1.165, 1.54) is 6.20 Å². The molecule has 1 aromatic heterocycles. The van der Waals surface area contributed by atoms with E-state index in [2.05, 4.69) is 26.0 Å². The minimum absolute atomic E-state index is 0.164. The monoisotopic (exact) mass is 209 g/mol. The van der Waals surface area contributed by atoms with Crippen molar-refractivity contribution >= 4 is 5.91 Å². The van der Waals surface area contributed by atoms with Crippen molar-refractivity contribution in [1.82, 2.24) is 26.0 Å². The molecule has 1 saturated heterocycles. The van der Waals surface area contributed by atoms with Crippen LogP contribution in [0.15, 0.2) is 6.20 Å². The summed E-state index contributed by atoms with van der Waals surface area (Å²) in [7, 11) is 0. The summed E-state index contributed by atoms with van der Waals surface area (Å²) in [5.74, 6) is 0.351. The first-order valence-corrected chi connectivity index (χ1v) is 5.14. The van der Waals surface area contributed by atoms with E-state index in [-0.39, 0.29) is 11.9 Å². The van der Waals surface area contributed by atoms with E-state index < -0.39 is 0 Å². The molecular weight excluding hydrogens is 194 g/mol. The molecule has 1 aliphatic rings. The fourth-order valence-electron chi connectivity index (χ4n) is 1.81. The van der Waals surface area contributed by atoms with Gasteiger partial charge in [0.25, 0.3) is 5.91 Å². The van der Waals surface area contributed by atoms with Gasteiger partial charge in [-0.2, -0.15) is 15.4 Å². The number of carbonyl (C=O) groups excluding carboxylic acids is 1. The molecule has 2 unspecified atom stereocenters. The van der Waals surface area contributed by atoms with E-state index in [0.717, 1.165) is 19.5 Å². The van der Waals surface area contributed by atoms with Crippen molar-refractivity contribution in [3.05, 3.63) is 11.9 Å². The van der Waals surface area contributed by atoms with Gasteiger partial charge in [-0.25, -0.2) is 0 Å². The van der Waals surface area contributed by atoms with Crippen LogP contribution in [0.5, 0.6) is 0 Å². The molecule has 0 radical (unpaired) electrons. The standard InChI is InChI=1S/C9H15N5O/c1-6(7-2-3-10-4-7)12-9(15)8-5-11-14-13-8/h5-7,10H,2-4H2,1H3,(H,12,15)(H,11,13,14). The molecule has 1 aliphatic heterocycles. The average molecular weight is 209 g/mol. The number of carbonyl (C=O) groups is 1. The molecule has 0 aromatic carbocycles. The number of aromatic amines is 1. The third-order valence-corrected chi connectivity index (χ3v) is 2.81. The van der Waals surface area contributed by atoms with Crippen molar-refractivity contribution < 1.29 is 4.79 Å². The minimum Gasteiger partial charge on any atom is -0.348 e. The number of nitrogens with zero attached hydrogens (tertiary/aromatic N) is 2. The molecule has 0 bridgehead atoms. The fraction of sp³-hybridized carbons (Fsp3) is 0.667. The second kappa shape index (κ2) is 4.39. The first kappa shape index (κ1) is 10.1. The molecule has 6 nitrogen and oxygen atoms in total. The number of nitrogens with one attached hydrogen (secondary N) is 3. The summed E-state index contributed by atoms with van der Waals surface area (Å²) in [6, 6.07) is 0.171. The zero-order valence-corrected chi connectivity index (χ0v) is 8.66. The van der Waals surface area contributed by atoms with Crippen molar-refractivity contribution in [2.75, 3.05) is 13.1 Å². The highest BCUT2D eigenvalue weighted by Crippen LogP contribution is 2.12. The van der Waals surface area contributed by atoms with Crippen LogP contribution in [-0.2, 0) is 0 Å². The van der Waals surface area contributed by atoms with Crippen LogP contribution in [0.2, 0.25) is 0 Å². The van der Waals surface area contributed by atoms with Gasteiger partial charge in [-0.1, -0.05) is 0 Å². The van der Waals surface area contributed by atoms with E-state index in [9.17, 15) is 4.79 Å². The molecule has 2 atom stereocenters. The summed E-state index contributed by atoms with van der Waals surface area (Å²) in [5.41, 5.74) is 0.341. The Hall–Kier alpha value is -1.43. The lowest BCUT2D eigenvalue weighted by Gasteiger charge is -2.18. The molecule has 6 heteroatoms. The Morgan fingerprint density at radius 1 is 1.73 bits per heavy atom. The molecule has 0 spiro atoms. The van der Waals surface area contributed by atoms with Crippen LogP contribution < -0.4 is 10.6 Å². The summed E-state index contributed by atoms with van der Waals surface area (Å²) in [5, 5.41) is 15.9. The van der Waals surface area contributed by atoms with Gasteiger partial charge in [0.05, 0.1) is 6.20 Å². The molecule has 82 valence electrons. The van der Waals surface area contributed by atoms with Gasteiger partial charge >= 0.3 is 0 Å². The van der Waals surface area contributed by atoms with Crippen LogP contribution in [0, 0.1) is 5.92 Å².